The highest BCUT2D eigenvalue weighted by Gasteiger charge is 2.22. The smallest absolute Gasteiger partial charge is 0.0596 e. The Bertz CT molecular complexity index is 200. The zero-order chi connectivity index (χ0) is 12.7. The molecule has 0 aromatic rings. The van der Waals surface area contributed by atoms with Gasteiger partial charge in [0.25, 0.3) is 0 Å². The van der Waals surface area contributed by atoms with Gasteiger partial charge < -0.3 is 9.47 Å². The van der Waals surface area contributed by atoms with E-state index in [-0.39, 0.29) is 0 Å². The minimum Gasteiger partial charge on any atom is -0.383 e. The molecule has 1 rings (SSSR count). The van der Waals surface area contributed by atoms with Crippen molar-refractivity contribution >= 4 is 0 Å². The molecule has 0 saturated carbocycles. The van der Waals surface area contributed by atoms with Gasteiger partial charge in [0, 0.05) is 45.9 Å². The van der Waals surface area contributed by atoms with Gasteiger partial charge in [0.15, 0.2) is 0 Å². The minimum atomic E-state index is 0.343. The second-order valence-corrected chi connectivity index (χ2v) is 5.10. The lowest BCUT2D eigenvalue weighted by molar-refractivity contribution is 0.0239. The van der Waals surface area contributed by atoms with Gasteiger partial charge in [-0.05, 0) is 20.8 Å². The van der Waals surface area contributed by atoms with Gasteiger partial charge in [-0.2, -0.15) is 0 Å². The van der Waals surface area contributed by atoms with Crippen molar-refractivity contribution in [2.24, 2.45) is 0 Å². The molecule has 102 valence electrons. The average molecular weight is 244 g/mol. The summed E-state index contributed by atoms with van der Waals surface area (Å²) in [6.07, 6.45) is 0.343. The fraction of sp³-hybridized carbons (Fsp3) is 1.00. The van der Waals surface area contributed by atoms with Crippen molar-refractivity contribution in [3.8, 4) is 0 Å². The summed E-state index contributed by atoms with van der Waals surface area (Å²) in [5.74, 6) is 0. The first kappa shape index (κ1) is 14.9. The maximum atomic E-state index is 5.60. The maximum Gasteiger partial charge on any atom is 0.0596 e. The van der Waals surface area contributed by atoms with E-state index in [2.05, 4.69) is 30.6 Å². The van der Waals surface area contributed by atoms with Crippen LogP contribution in [0, 0.1) is 0 Å². The van der Waals surface area contributed by atoms with E-state index in [1.54, 1.807) is 7.11 Å². The number of methoxy groups -OCH3 is 1. The van der Waals surface area contributed by atoms with Crippen molar-refractivity contribution in [3.05, 3.63) is 0 Å². The number of hydrogen-bond acceptors (Lipinski definition) is 4. The van der Waals surface area contributed by atoms with E-state index in [0.29, 0.717) is 12.1 Å². The van der Waals surface area contributed by atoms with Gasteiger partial charge in [0.2, 0.25) is 0 Å². The highest BCUT2D eigenvalue weighted by Crippen LogP contribution is 2.08. The first-order valence-electron chi connectivity index (χ1n) is 6.70. The first-order valence-corrected chi connectivity index (χ1v) is 6.70. The Hall–Kier alpha value is -0.160. The number of rotatable bonds is 7. The van der Waals surface area contributed by atoms with Gasteiger partial charge in [0.05, 0.1) is 19.3 Å². The number of piperazine rings is 1. The monoisotopic (exact) mass is 244 g/mol. The molecule has 4 nitrogen and oxygen atoms in total. The molecule has 1 fully saturated rings. The molecule has 0 N–H and O–H groups in total. The van der Waals surface area contributed by atoms with E-state index < -0.39 is 0 Å². The van der Waals surface area contributed by atoms with E-state index >= 15 is 0 Å². The summed E-state index contributed by atoms with van der Waals surface area (Å²) < 4.78 is 10.7. The molecule has 0 radical (unpaired) electrons. The molecule has 0 spiro atoms. The van der Waals surface area contributed by atoms with E-state index in [1.165, 1.54) is 0 Å². The third-order valence-corrected chi connectivity index (χ3v) is 3.29. The molecule has 0 unspecified atom stereocenters. The normalized spacial score (nSPS) is 23.5. The number of hydrogen-bond donors (Lipinski definition) is 0. The van der Waals surface area contributed by atoms with Crippen LogP contribution < -0.4 is 0 Å². The summed E-state index contributed by atoms with van der Waals surface area (Å²) in [6, 6.07) is 0.623. The topological polar surface area (TPSA) is 24.9 Å². The number of ether oxygens (including phenoxy) is 2. The summed E-state index contributed by atoms with van der Waals surface area (Å²) in [6.45, 7) is 13.7. The summed E-state index contributed by atoms with van der Waals surface area (Å²) >= 11 is 0. The van der Waals surface area contributed by atoms with Crippen LogP contribution in [0.25, 0.3) is 0 Å². The van der Waals surface area contributed by atoms with E-state index in [0.717, 1.165) is 45.9 Å². The third-order valence-electron chi connectivity index (χ3n) is 3.29. The zero-order valence-electron chi connectivity index (χ0n) is 11.8. The largest absolute Gasteiger partial charge is 0.383 e. The van der Waals surface area contributed by atoms with Crippen molar-refractivity contribution in [1.29, 1.82) is 0 Å². The van der Waals surface area contributed by atoms with Gasteiger partial charge in [-0.1, -0.05) is 0 Å². The van der Waals surface area contributed by atoms with Crippen LogP contribution in [-0.4, -0.2) is 75.0 Å². The lowest BCUT2D eigenvalue weighted by Gasteiger charge is -2.39. The lowest BCUT2D eigenvalue weighted by atomic mass is 10.2. The molecule has 1 heterocycles. The van der Waals surface area contributed by atoms with Crippen molar-refractivity contribution in [2.75, 3.05) is 53.0 Å². The predicted molar refractivity (Wildman–Crippen MR) is 70.4 cm³/mol. The Kier molecular flexibility index (Phi) is 7.04. The lowest BCUT2D eigenvalue weighted by Crippen LogP contribution is -2.53. The average Bonchev–Trinajstić information content (AvgIpc) is 2.27. The standard InChI is InChI=1S/C13H28N2O2/c1-12(2)17-10-7-14-5-6-15(8-9-16-4)13(3)11-14/h12-13H,5-11H2,1-4H3/t13-/m0/s1. The van der Waals surface area contributed by atoms with Crippen molar-refractivity contribution in [3.63, 3.8) is 0 Å². The summed E-state index contributed by atoms with van der Waals surface area (Å²) in [5.41, 5.74) is 0. The zero-order valence-corrected chi connectivity index (χ0v) is 11.8. The van der Waals surface area contributed by atoms with Gasteiger partial charge in [-0.25, -0.2) is 0 Å². The van der Waals surface area contributed by atoms with Crippen LogP contribution in [0.3, 0.4) is 0 Å². The third kappa shape index (κ3) is 5.82. The van der Waals surface area contributed by atoms with Crippen LogP contribution in [0.5, 0.6) is 0 Å². The molecule has 17 heavy (non-hydrogen) atoms. The molecule has 1 aliphatic heterocycles. The van der Waals surface area contributed by atoms with Gasteiger partial charge in [-0.3, -0.25) is 9.80 Å². The Labute approximate surface area is 106 Å². The molecule has 0 aliphatic carbocycles. The van der Waals surface area contributed by atoms with Crippen molar-refractivity contribution in [2.45, 2.75) is 32.9 Å². The van der Waals surface area contributed by atoms with Crippen LogP contribution in [0.4, 0.5) is 0 Å². The first-order chi connectivity index (χ1) is 8.13. The van der Waals surface area contributed by atoms with Gasteiger partial charge in [0.1, 0.15) is 0 Å². The summed E-state index contributed by atoms with van der Waals surface area (Å²) in [4.78, 5) is 5.00. The molecular formula is C13H28N2O2. The van der Waals surface area contributed by atoms with E-state index in [1.807, 2.05) is 0 Å². The Morgan fingerprint density at radius 2 is 1.94 bits per heavy atom. The quantitative estimate of drug-likeness (QED) is 0.669. The Morgan fingerprint density at radius 1 is 1.18 bits per heavy atom. The fourth-order valence-electron chi connectivity index (χ4n) is 2.23. The van der Waals surface area contributed by atoms with Gasteiger partial charge >= 0.3 is 0 Å². The molecular weight excluding hydrogens is 216 g/mol. The second-order valence-electron chi connectivity index (χ2n) is 5.10. The molecule has 1 aliphatic rings. The Morgan fingerprint density at radius 3 is 2.53 bits per heavy atom. The predicted octanol–water partition coefficient (Wildman–Crippen LogP) is 1.06. The van der Waals surface area contributed by atoms with Crippen LogP contribution >= 0.6 is 0 Å². The SMILES string of the molecule is COCCN1CCN(CCOC(C)C)C[C@@H]1C. The second kappa shape index (κ2) is 8.03. The Balaban J connectivity index is 2.17. The summed E-state index contributed by atoms with van der Waals surface area (Å²) in [7, 11) is 1.77. The van der Waals surface area contributed by atoms with Crippen LogP contribution in [0.2, 0.25) is 0 Å². The van der Waals surface area contributed by atoms with Crippen molar-refractivity contribution < 1.29 is 9.47 Å². The molecule has 1 saturated heterocycles. The maximum absolute atomic E-state index is 5.60. The highest BCUT2D eigenvalue weighted by atomic mass is 16.5. The van der Waals surface area contributed by atoms with Crippen molar-refractivity contribution in [1.82, 2.24) is 9.80 Å². The molecule has 1 atom stereocenters. The van der Waals surface area contributed by atoms with Crippen LogP contribution in [0.1, 0.15) is 20.8 Å². The highest BCUT2D eigenvalue weighted by molar-refractivity contribution is 4.78. The van der Waals surface area contributed by atoms with E-state index in [9.17, 15) is 0 Å². The number of nitrogens with zero attached hydrogens (tertiary/aromatic N) is 2. The summed E-state index contributed by atoms with van der Waals surface area (Å²) in [5, 5.41) is 0. The van der Waals surface area contributed by atoms with E-state index in [4.69, 9.17) is 9.47 Å². The minimum absolute atomic E-state index is 0.343. The van der Waals surface area contributed by atoms with Crippen LogP contribution in [-0.2, 0) is 9.47 Å². The molecule has 0 aromatic heterocycles. The molecule has 4 heteroatoms. The fourth-order valence-corrected chi connectivity index (χ4v) is 2.23. The molecule has 0 amide bonds. The molecule has 0 aromatic carbocycles. The van der Waals surface area contributed by atoms with Crippen LogP contribution in [0.15, 0.2) is 0 Å². The van der Waals surface area contributed by atoms with Gasteiger partial charge in [-0.15, -0.1) is 0 Å². The molecule has 0 bridgehead atoms.